The Morgan fingerprint density at radius 2 is 1.74 bits per heavy atom. The highest BCUT2D eigenvalue weighted by Gasteiger charge is 2.40. The van der Waals surface area contributed by atoms with Crippen molar-refractivity contribution in [3.63, 3.8) is 0 Å². The van der Waals surface area contributed by atoms with Crippen LogP contribution in [0.15, 0.2) is 24.3 Å². The van der Waals surface area contributed by atoms with Crippen molar-refractivity contribution in [2.24, 2.45) is 5.41 Å². The zero-order valence-electron chi connectivity index (χ0n) is 14.6. The van der Waals surface area contributed by atoms with E-state index in [9.17, 15) is 9.59 Å². The Hall–Kier alpha value is -1.88. The normalized spacial score (nSPS) is 16.3. The Bertz CT molecular complexity index is 575. The number of para-hydroxylation sites is 1. The van der Waals surface area contributed by atoms with Crippen LogP contribution in [0.2, 0.25) is 0 Å². The van der Waals surface area contributed by atoms with Gasteiger partial charge in [-0.3, -0.25) is 9.59 Å². The zero-order valence-corrected chi connectivity index (χ0v) is 14.6. The van der Waals surface area contributed by atoms with Crippen molar-refractivity contribution in [3.05, 3.63) is 29.8 Å². The molecule has 1 aliphatic heterocycles. The van der Waals surface area contributed by atoms with Crippen molar-refractivity contribution in [2.75, 3.05) is 38.5 Å². The predicted molar refractivity (Wildman–Crippen MR) is 92.3 cm³/mol. The Labute approximate surface area is 138 Å². The van der Waals surface area contributed by atoms with Gasteiger partial charge in [-0.15, -0.1) is 0 Å². The van der Waals surface area contributed by atoms with E-state index in [1.165, 1.54) is 0 Å². The lowest BCUT2D eigenvalue weighted by atomic mass is 9.89. The van der Waals surface area contributed by atoms with Crippen molar-refractivity contribution in [2.45, 2.75) is 27.2 Å². The molecule has 1 aromatic rings. The SMILES string of the molecule is CCc1ccccc1NC(=O)C(C)(C)C(=O)N1CCN(C)CC1. The number of carbonyl (C=O) groups excluding carboxylic acids is 2. The van der Waals surface area contributed by atoms with E-state index < -0.39 is 5.41 Å². The molecule has 0 unspecified atom stereocenters. The van der Waals surface area contributed by atoms with E-state index in [0.29, 0.717) is 13.1 Å². The third-order valence-electron chi connectivity index (χ3n) is 4.54. The maximum atomic E-state index is 12.8. The lowest BCUT2D eigenvalue weighted by Crippen LogP contribution is -2.53. The van der Waals surface area contributed by atoms with E-state index in [1.807, 2.05) is 38.2 Å². The fraction of sp³-hybridized carbons (Fsp3) is 0.556. The van der Waals surface area contributed by atoms with Crippen LogP contribution in [0.3, 0.4) is 0 Å². The van der Waals surface area contributed by atoms with Gasteiger partial charge in [0, 0.05) is 31.9 Å². The van der Waals surface area contributed by atoms with Crippen molar-refractivity contribution >= 4 is 17.5 Å². The van der Waals surface area contributed by atoms with Gasteiger partial charge in [0.05, 0.1) is 0 Å². The Morgan fingerprint density at radius 1 is 1.13 bits per heavy atom. The second kappa shape index (κ2) is 7.13. The summed E-state index contributed by atoms with van der Waals surface area (Å²) in [5, 5.41) is 2.93. The van der Waals surface area contributed by atoms with Crippen LogP contribution in [-0.2, 0) is 16.0 Å². The molecular formula is C18H27N3O2. The van der Waals surface area contributed by atoms with Crippen molar-refractivity contribution < 1.29 is 9.59 Å². The molecule has 0 aliphatic carbocycles. The number of amides is 2. The number of aryl methyl sites for hydroxylation is 1. The number of nitrogens with zero attached hydrogens (tertiary/aromatic N) is 2. The first-order valence-corrected chi connectivity index (χ1v) is 8.23. The number of anilines is 1. The maximum absolute atomic E-state index is 12.8. The smallest absolute Gasteiger partial charge is 0.239 e. The summed E-state index contributed by atoms with van der Waals surface area (Å²) >= 11 is 0. The highest BCUT2D eigenvalue weighted by atomic mass is 16.2. The highest BCUT2D eigenvalue weighted by Crippen LogP contribution is 2.24. The largest absolute Gasteiger partial charge is 0.339 e. The average molecular weight is 317 g/mol. The fourth-order valence-electron chi connectivity index (χ4n) is 2.73. The van der Waals surface area contributed by atoms with E-state index in [-0.39, 0.29) is 11.8 Å². The Balaban J connectivity index is 2.08. The van der Waals surface area contributed by atoms with Gasteiger partial charge in [0.2, 0.25) is 11.8 Å². The molecule has 2 amide bonds. The van der Waals surface area contributed by atoms with Gasteiger partial charge in [-0.2, -0.15) is 0 Å². The van der Waals surface area contributed by atoms with E-state index in [2.05, 4.69) is 10.2 Å². The van der Waals surface area contributed by atoms with Gasteiger partial charge in [0.15, 0.2) is 0 Å². The fourth-order valence-corrected chi connectivity index (χ4v) is 2.73. The maximum Gasteiger partial charge on any atom is 0.239 e. The predicted octanol–water partition coefficient (Wildman–Crippen LogP) is 1.99. The molecule has 1 saturated heterocycles. The number of hydrogen-bond acceptors (Lipinski definition) is 3. The molecule has 0 atom stereocenters. The van der Waals surface area contributed by atoms with Crippen LogP contribution in [0.4, 0.5) is 5.69 Å². The lowest BCUT2D eigenvalue weighted by Gasteiger charge is -2.36. The second-order valence-electron chi connectivity index (χ2n) is 6.69. The topological polar surface area (TPSA) is 52.7 Å². The molecule has 2 rings (SSSR count). The molecule has 23 heavy (non-hydrogen) atoms. The van der Waals surface area contributed by atoms with Gasteiger partial charge in [0.25, 0.3) is 0 Å². The van der Waals surface area contributed by atoms with E-state index >= 15 is 0 Å². The zero-order chi connectivity index (χ0) is 17.0. The molecule has 126 valence electrons. The molecule has 1 N–H and O–H groups in total. The minimum Gasteiger partial charge on any atom is -0.339 e. The van der Waals surface area contributed by atoms with E-state index in [4.69, 9.17) is 0 Å². The standard InChI is InChI=1S/C18H27N3O2/c1-5-14-8-6-7-9-15(14)19-16(22)18(2,3)17(23)21-12-10-20(4)11-13-21/h6-9H,5,10-13H2,1-4H3,(H,19,22). The first-order chi connectivity index (χ1) is 10.9. The number of nitrogens with one attached hydrogen (secondary N) is 1. The van der Waals surface area contributed by atoms with Crippen LogP contribution < -0.4 is 5.32 Å². The summed E-state index contributed by atoms with van der Waals surface area (Å²) < 4.78 is 0. The number of hydrogen-bond donors (Lipinski definition) is 1. The van der Waals surface area contributed by atoms with Crippen LogP contribution in [0, 0.1) is 5.41 Å². The van der Waals surface area contributed by atoms with Gasteiger partial charge in [-0.1, -0.05) is 25.1 Å². The van der Waals surface area contributed by atoms with Crippen LogP contribution in [-0.4, -0.2) is 54.8 Å². The Kier molecular flexibility index (Phi) is 5.42. The quantitative estimate of drug-likeness (QED) is 0.864. The summed E-state index contributed by atoms with van der Waals surface area (Å²) in [4.78, 5) is 29.4. The van der Waals surface area contributed by atoms with Gasteiger partial charge in [0.1, 0.15) is 5.41 Å². The third-order valence-corrected chi connectivity index (χ3v) is 4.54. The highest BCUT2D eigenvalue weighted by molar-refractivity contribution is 6.10. The molecule has 0 saturated carbocycles. The molecular weight excluding hydrogens is 290 g/mol. The summed E-state index contributed by atoms with van der Waals surface area (Å²) in [6.07, 6.45) is 0.837. The van der Waals surface area contributed by atoms with Crippen LogP contribution in [0.1, 0.15) is 26.3 Å². The lowest BCUT2D eigenvalue weighted by molar-refractivity contribution is -0.147. The molecule has 0 spiro atoms. The molecule has 5 nitrogen and oxygen atoms in total. The van der Waals surface area contributed by atoms with Crippen molar-refractivity contribution in [1.29, 1.82) is 0 Å². The monoisotopic (exact) mass is 317 g/mol. The van der Waals surface area contributed by atoms with Crippen LogP contribution >= 0.6 is 0 Å². The minimum absolute atomic E-state index is 0.0999. The Morgan fingerprint density at radius 3 is 2.35 bits per heavy atom. The van der Waals surface area contributed by atoms with Crippen molar-refractivity contribution in [3.8, 4) is 0 Å². The average Bonchev–Trinajstić information content (AvgIpc) is 2.55. The number of carbonyl (C=O) groups is 2. The number of rotatable bonds is 4. The third kappa shape index (κ3) is 3.91. The molecule has 0 aromatic heterocycles. The number of benzene rings is 1. The summed E-state index contributed by atoms with van der Waals surface area (Å²) in [5.41, 5.74) is 0.791. The van der Waals surface area contributed by atoms with Gasteiger partial charge in [-0.05, 0) is 38.9 Å². The summed E-state index contributed by atoms with van der Waals surface area (Å²) in [6.45, 7) is 8.51. The van der Waals surface area contributed by atoms with Crippen LogP contribution in [0.5, 0.6) is 0 Å². The molecule has 1 heterocycles. The first kappa shape index (κ1) is 17.5. The molecule has 1 fully saturated rings. The summed E-state index contributed by atoms with van der Waals surface area (Å²) in [6, 6.07) is 7.72. The van der Waals surface area contributed by atoms with Crippen molar-refractivity contribution in [1.82, 2.24) is 9.80 Å². The van der Waals surface area contributed by atoms with Gasteiger partial charge >= 0.3 is 0 Å². The minimum atomic E-state index is -1.07. The molecule has 1 aromatic carbocycles. The molecule has 0 bridgehead atoms. The first-order valence-electron chi connectivity index (χ1n) is 8.23. The number of piperazine rings is 1. The van der Waals surface area contributed by atoms with E-state index in [1.54, 1.807) is 18.7 Å². The van der Waals surface area contributed by atoms with Gasteiger partial charge in [-0.25, -0.2) is 0 Å². The summed E-state index contributed by atoms with van der Waals surface area (Å²) in [7, 11) is 2.04. The van der Waals surface area contributed by atoms with Crippen LogP contribution in [0.25, 0.3) is 0 Å². The molecule has 0 radical (unpaired) electrons. The van der Waals surface area contributed by atoms with E-state index in [0.717, 1.165) is 30.8 Å². The van der Waals surface area contributed by atoms with Gasteiger partial charge < -0.3 is 15.1 Å². The molecule has 1 aliphatic rings. The number of likely N-dealkylation sites (N-methyl/N-ethyl adjacent to an activating group) is 1. The summed E-state index contributed by atoms with van der Waals surface area (Å²) in [5.74, 6) is -0.348. The second-order valence-corrected chi connectivity index (χ2v) is 6.69. The molecule has 5 heteroatoms.